The Balaban J connectivity index is 1.39. The number of rotatable bonds is 7. The average molecular weight is 488 g/mol. The highest BCUT2D eigenvalue weighted by Gasteiger charge is 2.35. The van der Waals surface area contributed by atoms with Gasteiger partial charge in [-0.1, -0.05) is 17.5 Å². The lowest BCUT2D eigenvalue weighted by Gasteiger charge is -2.40. The number of pyridine rings is 1. The number of methoxy groups -OCH3 is 1. The Morgan fingerprint density at radius 2 is 2.15 bits per heavy atom. The Kier molecular flexibility index (Phi) is 7.82. The van der Waals surface area contributed by atoms with Crippen molar-refractivity contribution in [3.63, 3.8) is 0 Å². The Bertz CT molecular complexity index is 1140. The number of ether oxygens (including phenoxy) is 1. The average Bonchev–Trinajstić information content (AvgIpc) is 3.36. The van der Waals surface area contributed by atoms with Crippen molar-refractivity contribution >= 4 is 33.8 Å². The summed E-state index contributed by atoms with van der Waals surface area (Å²) in [5, 5.41) is 13.9. The molecule has 0 saturated carbocycles. The lowest BCUT2D eigenvalue weighted by Crippen LogP contribution is -2.42. The molecule has 1 fully saturated rings. The van der Waals surface area contributed by atoms with Gasteiger partial charge in [0.25, 0.3) is 0 Å². The van der Waals surface area contributed by atoms with Crippen LogP contribution in [-0.4, -0.2) is 53.3 Å². The van der Waals surface area contributed by atoms with Crippen LogP contribution in [-0.2, 0) is 0 Å². The number of benzene rings is 1. The molecule has 1 atom stereocenters. The summed E-state index contributed by atoms with van der Waals surface area (Å²) >= 11 is 7.90. The molecule has 0 radical (unpaired) electrons. The van der Waals surface area contributed by atoms with Crippen LogP contribution in [0.25, 0.3) is 10.9 Å². The monoisotopic (exact) mass is 487 g/mol. The smallest absolute Gasteiger partial charge is 0.166 e. The molecule has 0 aliphatic carbocycles. The third kappa shape index (κ3) is 5.64. The van der Waals surface area contributed by atoms with Crippen LogP contribution in [0.3, 0.4) is 0 Å². The van der Waals surface area contributed by atoms with Gasteiger partial charge in [0, 0.05) is 35.3 Å². The molecule has 0 bridgehead atoms. The SMILES string of the molecule is COc1ccc2ncc(Cl)c([C@@H](F)CCC3(CO)CCN(CC#Cc4nccs4)CC3)c2c1. The molecule has 0 spiro atoms. The molecule has 3 heterocycles. The van der Waals surface area contributed by atoms with E-state index in [0.717, 1.165) is 30.9 Å². The molecular formula is C25H27ClFN3O2S. The Morgan fingerprint density at radius 3 is 2.85 bits per heavy atom. The first kappa shape index (κ1) is 23.9. The summed E-state index contributed by atoms with van der Waals surface area (Å²) in [6, 6.07) is 5.39. The molecular weight excluding hydrogens is 461 g/mol. The van der Waals surface area contributed by atoms with Crippen molar-refractivity contribution in [2.75, 3.05) is 33.4 Å². The molecule has 8 heteroatoms. The number of alkyl halides is 1. The first-order valence-electron chi connectivity index (χ1n) is 11.0. The molecule has 0 amide bonds. The Labute approximate surface area is 202 Å². The van der Waals surface area contributed by atoms with Gasteiger partial charge >= 0.3 is 0 Å². The Hall–Kier alpha value is -2.24. The summed E-state index contributed by atoms with van der Waals surface area (Å²) in [5.74, 6) is 6.90. The summed E-state index contributed by atoms with van der Waals surface area (Å²) in [5.41, 5.74) is 0.849. The molecule has 174 valence electrons. The van der Waals surface area contributed by atoms with Gasteiger partial charge in [-0.05, 0) is 68.3 Å². The van der Waals surface area contributed by atoms with Crippen molar-refractivity contribution in [1.29, 1.82) is 0 Å². The van der Waals surface area contributed by atoms with Gasteiger partial charge in [0.15, 0.2) is 5.01 Å². The number of aromatic nitrogens is 2. The molecule has 1 aliphatic heterocycles. The molecule has 1 N–H and O–H groups in total. The molecule has 3 aromatic rings. The quantitative estimate of drug-likeness (QED) is 0.460. The zero-order valence-corrected chi connectivity index (χ0v) is 20.1. The maximum Gasteiger partial charge on any atom is 0.166 e. The number of nitrogens with zero attached hydrogens (tertiary/aromatic N) is 3. The van der Waals surface area contributed by atoms with Crippen LogP contribution in [0.2, 0.25) is 5.02 Å². The molecule has 1 aromatic carbocycles. The number of hydrogen-bond acceptors (Lipinski definition) is 6. The summed E-state index contributed by atoms with van der Waals surface area (Å²) in [4.78, 5) is 10.8. The minimum absolute atomic E-state index is 0.0526. The maximum atomic E-state index is 15.5. The van der Waals surface area contributed by atoms with Crippen LogP contribution >= 0.6 is 22.9 Å². The number of aliphatic hydroxyl groups is 1. The molecule has 2 aromatic heterocycles. The fraction of sp³-hybridized carbons (Fsp3) is 0.440. The molecule has 1 saturated heterocycles. The van der Waals surface area contributed by atoms with E-state index in [-0.39, 0.29) is 12.0 Å². The number of fused-ring (bicyclic) bond motifs is 1. The van der Waals surface area contributed by atoms with Gasteiger partial charge in [-0.15, -0.1) is 11.3 Å². The zero-order valence-electron chi connectivity index (χ0n) is 18.6. The van der Waals surface area contributed by atoms with Crippen molar-refractivity contribution in [2.45, 2.75) is 31.9 Å². The fourth-order valence-electron chi connectivity index (χ4n) is 4.38. The number of piperidine rings is 1. The number of hydrogen-bond donors (Lipinski definition) is 1. The van der Waals surface area contributed by atoms with E-state index in [1.807, 2.05) is 11.4 Å². The van der Waals surface area contributed by atoms with Crippen molar-refractivity contribution in [3.05, 3.63) is 51.6 Å². The Morgan fingerprint density at radius 1 is 1.33 bits per heavy atom. The van der Waals surface area contributed by atoms with Crippen LogP contribution in [0, 0.1) is 17.3 Å². The van der Waals surface area contributed by atoms with Crippen molar-refractivity contribution in [3.8, 4) is 17.6 Å². The van der Waals surface area contributed by atoms with Crippen molar-refractivity contribution < 1.29 is 14.2 Å². The number of likely N-dealkylation sites (tertiary alicyclic amines) is 1. The van der Waals surface area contributed by atoms with E-state index in [9.17, 15) is 5.11 Å². The summed E-state index contributed by atoms with van der Waals surface area (Å²) in [7, 11) is 1.58. The van der Waals surface area contributed by atoms with Gasteiger partial charge in [-0.2, -0.15) is 0 Å². The van der Waals surface area contributed by atoms with Gasteiger partial charge in [-0.3, -0.25) is 9.88 Å². The second kappa shape index (κ2) is 10.8. The van der Waals surface area contributed by atoms with E-state index < -0.39 is 6.17 Å². The second-order valence-corrected chi connectivity index (χ2v) is 9.78. The fourth-order valence-corrected chi connectivity index (χ4v) is 5.15. The lowest BCUT2D eigenvalue weighted by atomic mass is 9.74. The van der Waals surface area contributed by atoms with Gasteiger partial charge in [0.1, 0.15) is 11.9 Å². The molecule has 5 nitrogen and oxygen atoms in total. The van der Waals surface area contributed by atoms with E-state index in [2.05, 4.69) is 26.7 Å². The molecule has 0 unspecified atom stereocenters. The molecule has 1 aliphatic rings. The standard InChI is InChI=1S/C25H27ClFN3O2S/c1-32-18-4-5-22-19(15-18)24(20(26)16-29-22)21(27)6-7-25(17-31)8-12-30(13-9-25)11-2-3-23-28-10-14-33-23/h4-5,10,14-16,21,31H,6-9,11-13,17H2,1H3/t21-/m0/s1. The normalized spacial score (nSPS) is 16.8. The highest BCUT2D eigenvalue weighted by molar-refractivity contribution is 7.10. The van der Waals surface area contributed by atoms with Gasteiger partial charge in [0.05, 0.1) is 24.2 Å². The minimum Gasteiger partial charge on any atom is -0.497 e. The van der Waals surface area contributed by atoms with E-state index in [4.69, 9.17) is 16.3 Å². The largest absolute Gasteiger partial charge is 0.497 e. The third-order valence-electron chi connectivity index (χ3n) is 6.49. The third-order valence-corrected chi connectivity index (χ3v) is 7.48. The zero-order chi connectivity index (χ0) is 23.3. The van der Waals surface area contributed by atoms with Crippen LogP contribution in [0.5, 0.6) is 5.75 Å². The minimum atomic E-state index is -1.25. The molecule has 4 rings (SSSR count). The first-order valence-corrected chi connectivity index (χ1v) is 12.3. The number of thiazole rings is 1. The van der Waals surface area contributed by atoms with Crippen molar-refractivity contribution in [1.82, 2.24) is 14.9 Å². The second-order valence-electron chi connectivity index (χ2n) is 8.48. The summed E-state index contributed by atoms with van der Waals surface area (Å²) in [6.45, 7) is 2.39. The van der Waals surface area contributed by atoms with Crippen LogP contribution in [0.15, 0.2) is 36.0 Å². The summed E-state index contributed by atoms with van der Waals surface area (Å²) < 4.78 is 20.8. The lowest BCUT2D eigenvalue weighted by molar-refractivity contribution is 0.0344. The van der Waals surface area contributed by atoms with E-state index in [0.29, 0.717) is 46.6 Å². The van der Waals surface area contributed by atoms with Gasteiger partial charge in [-0.25, -0.2) is 9.37 Å². The van der Waals surface area contributed by atoms with Crippen molar-refractivity contribution in [2.24, 2.45) is 5.41 Å². The first-order chi connectivity index (χ1) is 16.0. The van der Waals surface area contributed by atoms with Crippen LogP contribution in [0.4, 0.5) is 4.39 Å². The van der Waals surface area contributed by atoms with E-state index in [1.165, 1.54) is 17.5 Å². The van der Waals surface area contributed by atoms with Crippen LogP contribution < -0.4 is 4.74 Å². The highest BCUT2D eigenvalue weighted by atomic mass is 35.5. The molecule has 33 heavy (non-hydrogen) atoms. The predicted molar refractivity (Wildman–Crippen MR) is 131 cm³/mol. The summed E-state index contributed by atoms with van der Waals surface area (Å²) in [6.07, 6.45) is 4.52. The van der Waals surface area contributed by atoms with Gasteiger partial charge in [0.2, 0.25) is 0 Å². The number of aliphatic hydroxyl groups excluding tert-OH is 1. The van der Waals surface area contributed by atoms with Crippen LogP contribution in [0.1, 0.15) is 42.4 Å². The highest BCUT2D eigenvalue weighted by Crippen LogP contribution is 2.41. The number of halogens is 2. The predicted octanol–water partition coefficient (Wildman–Crippen LogP) is 5.27. The van der Waals surface area contributed by atoms with E-state index in [1.54, 1.807) is 25.4 Å². The van der Waals surface area contributed by atoms with Gasteiger partial charge < -0.3 is 9.84 Å². The van der Waals surface area contributed by atoms with E-state index >= 15 is 4.39 Å². The topological polar surface area (TPSA) is 58.5 Å². The maximum absolute atomic E-state index is 15.5.